The van der Waals surface area contributed by atoms with Gasteiger partial charge in [0, 0.05) is 24.8 Å². The van der Waals surface area contributed by atoms with Crippen molar-refractivity contribution in [3.05, 3.63) is 53.1 Å². The van der Waals surface area contributed by atoms with Crippen LogP contribution < -0.4 is 0 Å². The van der Waals surface area contributed by atoms with Gasteiger partial charge in [-0.2, -0.15) is 0 Å². The summed E-state index contributed by atoms with van der Waals surface area (Å²) in [5, 5.41) is 0. The van der Waals surface area contributed by atoms with Gasteiger partial charge in [-0.25, -0.2) is 13.8 Å². The van der Waals surface area contributed by atoms with Crippen LogP contribution in [-0.2, 0) is 13.0 Å². The maximum absolute atomic E-state index is 13.7. The molecule has 3 nitrogen and oxygen atoms in total. The van der Waals surface area contributed by atoms with Crippen molar-refractivity contribution in [2.24, 2.45) is 5.92 Å². The summed E-state index contributed by atoms with van der Waals surface area (Å²) in [5.74, 6) is -0.373. The van der Waals surface area contributed by atoms with Crippen LogP contribution in [0.4, 0.5) is 8.78 Å². The van der Waals surface area contributed by atoms with Gasteiger partial charge in [0.05, 0.1) is 12.0 Å². The molecule has 23 heavy (non-hydrogen) atoms. The van der Waals surface area contributed by atoms with E-state index in [-0.39, 0.29) is 0 Å². The van der Waals surface area contributed by atoms with Crippen molar-refractivity contribution < 1.29 is 8.78 Å². The average molecular weight is 319 g/mol. The Morgan fingerprint density at radius 2 is 2.22 bits per heavy atom. The second kappa shape index (κ2) is 7.21. The van der Waals surface area contributed by atoms with Gasteiger partial charge in [0.1, 0.15) is 11.6 Å². The summed E-state index contributed by atoms with van der Waals surface area (Å²) in [6.07, 6.45) is 5.70. The van der Waals surface area contributed by atoms with Crippen molar-refractivity contribution in [1.82, 2.24) is 14.9 Å². The maximum atomic E-state index is 13.7. The molecule has 1 aliphatic heterocycles. The van der Waals surface area contributed by atoms with Gasteiger partial charge in [-0.05, 0) is 56.7 Å². The Morgan fingerprint density at radius 1 is 1.35 bits per heavy atom. The lowest BCUT2D eigenvalue weighted by atomic mass is 9.91. The van der Waals surface area contributed by atoms with Crippen LogP contribution >= 0.6 is 0 Å². The van der Waals surface area contributed by atoms with Crippen LogP contribution in [0.5, 0.6) is 0 Å². The van der Waals surface area contributed by atoms with E-state index in [9.17, 15) is 8.78 Å². The summed E-state index contributed by atoms with van der Waals surface area (Å²) in [5.41, 5.74) is 2.85. The number of hydrogen-bond acceptors (Lipinski definition) is 2. The van der Waals surface area contributed by atoms with Gasteiger partial charge >= 0.3 is 0 Å². The van der Waals surface area contributed by atoms with Gasteiger partial charge < -0.3 is 4.98 Å². The SMILES string of the molecule is Cc1[nH]cnc1CN1CCC[C@@H](CCc2ccc(F)cc2F)C1. The number of H-pyrrole nitrogens is 1. The molecule has 0 amide bonds. The predicted molar refractivity (Wildman–Crippen MR) is 86.0 cm³/mol. The first-order chi connectivity index (χ1) is 11.1. The molecule has 1 aromatic carbocycles. The molecule has 0 unspecified atom stereocenters. The molecule has 5 heteroatoms. The minimum absolute atomic E-state index is 0.426. The number of nitrogens with zero attached hydrogens (tertiary/aromatic N) is 2. The monoisotopic (exact) mass is 319 g/mol. The minimum atomic E-state index is -0.510. The Morgan fingerprint density at radius 3 is 2.96 bits per heavy atom. The molecule has 2 heterocycles. The fourth-order valence-electron chi connectivity index (χ4n) is 3.37. The zero-order valence-corrected chi connectivity index (χ0v) is 13.5. The number of benzene rings is 1. The Kier molecular flexibility index (Phi) is 5.06. The second-order valence-corrected chi connectivity index (χ2v) is 6.49. The third-order valence-corrected chi connectivity index (χ3v) is 4.75. The van der Waals surface area contributed by atoms with E-state index >= 15 is 0 Å². The third kappa shape index (κ3) is 4.16. The first-order valence-electron chi connectivity index (χ1n) is 8.27. The van der Waals surface area contributed by atoms with Gasteiger partial charge in [-0.1, -0.05) is 6.07 Å². The topological polar surface area (TPSA) is 31.9 Å². The van der Waals surface area contributed by atoms with Crippen LogP contribution in [0.1, 0.15) is 36.2 Å². The van der Waals surface area contributed by atoms with Crippen molar-refractivity contribution in [1.29, 1.82) is 0 Å². The largest absolute Gasteiger partial charge is 0.348 e. The van der Waals surface area contributed by atoms with Gasteiger partial charge in [-0.15, -0.1) is 0 Å². The van der Waals surface area contributed by atoms with Crippen LogP contribution in [0, 0.1) is 24.5 Å². The molecule has 0 aliphatic carbocycles. The lowest BCUT2D eigenvalue weighted by molar-refractivity contribution is 0.160. The normalized spacial score (nSPS) is 19.2. The Labute approximate surface area is 135 Å². The summed E-state index contributed by atoms with van der Waals surface area (Å²) in [6.45, 7) is 5.03. The zero-order chi connectivity index (χ0) is 16.2. The quantitative estimate of drug-likeness (QED) is 0.908. The molecule has 0 radical (unpaired) electrons. The molecular weight excluding hydrogens is 296 g/mol. The fourth-order valence-corrected chi connectivity index (χ4v) is 3.37. The zero-order valence-electron chi connectivity index (χ0n) is 13.5. The first-order valence-corrected chi connectivity index (χ1v) is 8.27. The number of halogens is 2. The average Bonchev–Trinajstić information content (AvgIpc) is 2.92. The number of aromatic nitrogens is 2. The molecule has 1 saturated heterocycles. The molecule has 1 atom stereocenters. The highest BCUT2D eigenvalue weighted by Gasteiger charge is 2.21. The number of aromatic amines is 1. The van der Waals surface area contributed by atoms with E-state index in [1.165, 1.54) is 18.9 Å². The molecule has 124 valence electrons. The first kappa shape index (κ1) is 16.1. The standard InChI is InChI=1S/C18H23F2N3/c1-13-18(22-12-21-13)11-23-8-2-3-14(10-23)4-5-15-6-7-16(19)9-17(15)20/h6-7,9,12,14H,2-5,8,10-11H2,1H3,(H,21,22)/t14-/m0/s1. The van der Waals surface area contributed by atoms with Gasteiger partial charge in [0.2, 0.25) is 0 Å². The maximum Gasteiger partial charge on any atom is 0.129 e. The third-order valence-electron chi connectivity index (χ3n) is 4.75. The number of nitrogens with one attached hydrogen (secondary N) is 1. The number of imidazole rings is 1. The predicted octanol–water partition coefficient (Wildman–Crippen LogP) is 3.84. The van der Waals surface area contributed by atoms with Crippen LogP contribution in [-0.4, -0.2) is 28.0 Å². The van der Waals surface area contributed by atoms with Crippen LogP contribution in [0.2, 0.25) is 0 Å². The van der Waals surface area contributed by atoms with Crippen molar-refractivity contribution in [2.75, 3.05) is 13.1 Å². The van der Waals surface area contributed by atoms with E-state index in [1.807, 2.05) is 6.92 Å². The number of aryl methyl sites for hydroxylation is 2. The van der Waals surface area contributed by atoms with Crippen LogP contribution in [0.25, 0.3) is 0 Å². The fraction of sp³-hybridized carbons (Fsp3) is 0.500. The van der Waals surface area contributed by atoms with E-state index in [4.69, 9.17) is 0 Å². The Bertz CT molecular complexity index is 653. The minimum Gasteiger partial charge on any atom is -0.348 e. The summed E-state index contributed by atoms with van der Waals surface area (Å²) >= 11 is 0. The molecule has 1 N–H and O–H groups in total. The smallest absolute Gasteiger partial charge is 0.129 e. The molecular formula is C18H23F2N3. The van der Waals surface area contributed by atoms with Crippen molar-refractivity contribution >= 4 is 0 Å². The molecule has 0 bridgehead atoms. The molecule has 1 fully saturated rings. The Balaban J connectivity index is 1.53. The second-order valence-electron chi connectivity index (χ2n) is 6.49. The van der Waals surface area contributed by atoms with Crippen LogP contribution in [0.15, 0.2) is 24.5 Å². The highest BCUT2D eigenvalue weighted by atomic mass is 19.1. The summed E-state index contributed by atoms with van der Waals surface area (Å²) in [4.78, 5) is 9.91. The number of piperidine rings is 1. The summed E-state index contributed by atoms with van der Waals surface area (Å²) in [7, 11) is 0. The van der Waals surface area contributed by atoms with E-state index < -0.39 is 11.6 Å². The summed E-state index contributed by atoms with van der Waals surface area (Å²) in [6, 6.07) is 3.88. The van der Waals surface area contributed by atoms with Crippen LogP contribution in [0.3, 0.4) is 0 Å². The lowest BCUT2D eigenvalue weighted by Gasteiger charge is -2.32. The summed E-state index contributed by atoms with van der Waals surface area (Å²) < 4.78 is 26.7. The molecule has 2 aromatic rings. The number of likely N-dealkylation sites (tertiary alicyclic amines) is 1. The highest BCUT2D eigenvalue weighted by molar-refractivity contribution is 5.18. The van der Waals surface area contributed by atoms with E-state index in [0.29, 0.717) is 17.9 Å². The number of hydrogen-bond donors (Lipinski definition) is 1. The van der Waals surface area contributed by atoms with Crippen molar-refractivity contribution in [2.45, 2.75) is 39.2 Å². The Hall–Kier alpha value is -1.75. The molecule has 0 saturated carbocycles. The van der Waals surface area contributed by atoms with Gasteiger partial charge in [0.15, 0.2) is 0 Å². The van der Waals surface area contributed by atoms with E-state index in [2.05, 4.69) is 14.9 Å². The van der Waals surface area contributed by atoms with Gasteiger partial charge in [0.25, 0.3) is 0 Å². The van der Waals surface area contributed by atoms with E-state index in [0.717, 1.165) is 43.5 Å². The lowest BCUT2D eigenvalue weighted by Crippen LogP contribution is -2.35. The van der Waals surface area contributed by atoms with Crippen molar-refractivity contribution in [3.8, 4) is 0 Å². The molecule has 1 aromatic heterocycles. The van der Waals surface area contributed by atoms with Gasteiger partial charge in [-0.3, -0.25) is 4.90 Å². The highest BCUT2D eigenvalue weighted by Crippen LogP contribution is 2.24. The molecule has 1 aliphatic rings. The van der Waals surface area contributed by atoms with Crippen molar-refractivity contribution in [3.63, 3.8) is 0 Å². The molecule has 3 rings (SSSR count). The van der Waals surface area contributed by atoms with E-state index in [1.54, 1.807) is 12.4 Å². The molecule has 0 spiro atoms. The number of rotatable bonds is 5.